The molecule has 26 heavy (non-hydrogen) atoms. The van der Waals surface area contributed by atoms with E-state index in [0.717, 1.165) is 21.8 Å². The third-order valence-electron chi connectivity index (χ3n) is 4.32. The lowest BCUT2D eigenvalue weighted by atomic mass is 9.91. The predicted octanol–water partition coefficient (Wildman–Crippen LogP) is 4.25. The zero-order chi connectivity index (χ0) is 18.9. The lowest BCUT2D eigenvalue weighted by Gasteiger charge is -2.41. The van der Waals surface area contributed by atoms with Gasteiger partial charge in [0, 0.05) is 35.5 Å². The first-order valence-corrected chi connectivity index (χ1v) is 9.19. The maximum atomic E-state index is 13.7. The molecule has 1 atom stereocenters. The van der Waals surface area contributed by atoms with Crippen molar-refractivity contribution in [3.05, 3.63) is 57.2 Å². The van der Waals surface area contributed by atoms with Crippen LogP contribution in [0.4, 0.5) is 14.5 Å². The highest BCUT2D eigenvalue weighted by Crippen LogP contribution is 2.43. The molecule has 0 aromatic heterocycles. The highest BCUT2D eigenvalue weighted by Gasteiger charge is 2.46. The molecule has 1 aliphatic heterocycles. The van der Waals surface area contributed by atoms with E-state index in [0.29, 0.717) is 31.0 Å². The molecule has 138 valence electrons. The zero-order valence-corrected chi connectivity index (χ0v) is 16.5. The summed E-state index contributed by atoms with van der Waals surface area (Å²) < 4.78 is 39.5. The minimum absolute atomic E-state index is 0.140. The first-order valence-electron chi connectivity index (χ1n) is 8.11. The molecule has 4 nitrogen and oxygen atoms in total. The molecule has 0 saturated carbocycles. The number of fused-ring (bicyclic) bond motifs is 1. The van der Waals surface area contributed by atoms with E-state index in [9.17, 15) is 13.6 Å². The quantitative estimate of drug-likeness (QED) is 0.482. The van der Waals surface area contributed by atoms with E-state index in [1.165, 1.54) is 6.92 Å². The van der Waals surface area contributed by atoms with E-state index in [2.05, 4.69) is 22.6 Å². The Kier molecular flexibility index (Phi) is 5.47. The third kappa shape index (κ3) is 3.55. The number of amides is 1. The number of anilines is 1. The van der Waals surface area contributed by atoms with E-state index >= 15 is 0 Å². The molecular weight excluding hydrogens is 455 g/mol. The van der Waals surface area contributed by atoms with Gasteiger partial charge in [0.15, 0.2) is 0 Å². The van der Waals surface area contributed by atoms with Crippen molar-refractivity contribution in [2.24, 2.45) is 0 Å². The number of methoxy groups -OCH3 is 1. The second kappa shape index (κ2) is 7.48. The molecule has 2 aromatic carbocycles. The van der Waals surface area contributed by atoms with Crippen LogP contribution in [0.1, 0.15) is 18.9 Å². The minimum Gasteiger partial charge on any atom is -0.471 e. The van der Waals surface area contributed by atoms with Crippen molar-refractivity contribution in [3.8, 4) is 5.75 Å². The van der Waals surface area contributed by atoms with Crippen molar-refractivity contribution in [2.45, 2.75) is 18.9 Å². The molecule has 0 N–H and O–H groups in total. The van der Waals surface area contributed by atoms with Gasteiger partial charge in [-0.25, -0.2) is 8.78 Å². The lowest BCUT2D eigenvalue weighted by Crippen LogP contribution is -2.52. The van der Waals surface area contributed by atoms with Crippen LogP contribution in [0.25, 0.3) is 0 Å². The Hall–Kier alpha value is -1.74. The summed E-state index contributed by atoms with van der Waals surface area (Å²) in [4.78, 5) is 14.9. The fourth-order valence-electron chi connectivity index (χ4n) is 3.02. The van der Waals surface area contributed by atoms with Crippen LogP contribution in [0.2, 0.25) is 0 Å². The molecule has 3 rings (SSSR count). The molecular formula is C19H18F2INO3. The van der Waals surface area contributed by atoms with Gasteiger partial charge < -0.3 is 14.4 Å². The van der Waals surface area contributed by atoms with Gasteiger partial charge in [-0.05, 0) is 66.3 Å². The molecule has 7 heteroatoms. The first kappa shape index (κ1) is 19.0. The van der Waals surface area contributed by atoms with Gasteiger partial charge in [0.1, 0.15) is 17.4 Å². The molecule has 1 unspecified atom stereocenters. The number of nitrogens with zero attached hydrogens (tertiary/aromatic N) is 1. The van der Waals surface area contributed by atoms with Crippen molar-refractivity contribution in [1.29, 1.82) is 0 Å². The summed E-state index contributed by atoms with van der Waals surface area (Å²) in [7, 11) is 1.59. The lowest BCUT2D eigenvalue weighted by molar-refractivity contribution is -0.135. The van der Waals surface area contributed by atoms with E-state index in [4.69, 9.17) is 9.47 Å². The largest absolute Gasteiger partial charge is 0.471 e. The van der Waals surface area contributed by atoms with E-state index in [1.54, 1.807) is 18.1 Å². The summed E-state index contributed by atoms with van der Waals surface area (Å²) in [5, 5.41) is 0. The number of benzene rings is 2. The topological polar surface area (TPSA) is 38.8 Å². The Morgan fingerprint density at radius 3 is 2.54 bits per heavy atom. The van der Waals surface area contributed by atoms with Crippen molar-refractivity contribution in [1.82, 2.24) is 0 Å². The van der Waals surface area contributed by atoms with Crippen LogP contribution in [0.3, 0.4) is 0 Å². The Bertz CT molecular complexity index is 825. The smallest absolute Gasteiger partial charge is 0.275 e. The maximum Gasteiger partial charge on any atom is 0.275 e. The van der Waals surface area contributed by atoms with Crippen LogP contribution in [0.15, 0.2) is 36.4 Å². The van der Waals surface area contributed by atoms with Gasteiger partial charge in [-0.3, -0.25) is 4.79 Å². The monoisotopic (exact) mass is 473 g/mol. The number of halogens is 3. The normalized spacial score (nSPS) is 19.3. The SMILES string of the molecule is COCCCN1C(=O)C(C)(c2cc(F)cc(F)c2)Oc2ccc(I)cc21. The highest BCUT2D eigenvalue weighted by molar-refractivity contribution is 14.1. The molecule has 0 bridgehead atoms. The van der Waals surface area contributed by atoms with Crippen LogP contribution in [-0.2, 0) is 15.1 Å². The predicted molar refractivity (Wildman–Crippen MR) is 102 cm³/mol. The second-order valence-corrected chi connectivity index (χ2v) is 7.45. The first-order chi connectivity index (χ1) is 12.3. The van der Waals surface area contributed by atoms with Crippen molar-refractivity contribution in [2.75, 3.05) is 25.2 Å². The number of hydrogen-bond donors (Lipinski definition) is 0. The molecule has 1 heterocycles. The molecule has 0 aliphatic carbocycles. The average molecular weight is 473 g/mol. The van der Waals surface area contributed by atoms with Gasteiger partial charge in [0.2, 0.25) is 5.60 Å². The molecule has 0 spiro atoms. The van der Waals surface area contributed by atoms with Gasteiger partial charge in [-0.2, -0.15) is 0 Å². The van der Waals surface area contributed by atoms with E-state index < -0.39 is 17.2 Å². The number of hydrogen-bond acceptors (Lipinski definition) is 3. The van der Waals surface area contributed by atoms with Crippen LogP contribution in [0.5, 0.6) is 5.75 Å². The van der Waals surface area contributed by atoms with Crippen molar-refractivity contribution in [3.63, 3.8) is 0 Å². The Labute approximate surface area is 164 Å². The van der Waals surface area contributed by atoms with Gasteiger partial charge in [0.25, 0.3) is 5.91 Å². The zero-order valence-electron chi connectivity index (χ0n) is 14.4. The summed E-state index contributed by atoms with van der Waals surface area (Å²) in [5.41, 5.74) is -0.733. The summed E-state index contributed by atoms with van der Waals surface area (Å²) >= 11 is 2.16. The van der Waals surface area contributed by atoms with Crippen LogP contribution < -0.4 is 9.64 Å². The van der Waals surface area contributed by atoms with E-state index in [-0.39, 0.29) is 11.5 Å². The van der Waals surface area contributed by atoms with Crippen LogP contribution >= 0.6 is 22.6 Å². The second-order valence-electron chi connectivity index (χ2n) is 6.21. The van der Waals surface area contributed by atoms with Gasteiger partial charge in [-0.15, -0.1) is 0 Å². The fraction of sp³-hybridized carbons (Fsp3) is 0.316. The fourth-order valence-corrected chi connectivity index (χ4v) is 3.49. The third-order valence-corrected chi connectivity index (χ3v) is 4.99. The number of carbonyl (C=O) groups is 1. The van der Waals surface area contributed by atoms with Gasteiger partial charge in [-0.1, -0.05) is 0 Å². The average Bonchev–Trinajstić information content (AvgIpc) is 2.58. The Morgan fingerprint density at radius 1 is 1.19 bits per heavy atom. The Balaban J connectivity index is 2.08. The summed E-state index contributed by atoms with van der Waals surface area (Å²) in [6.07, 6.45) is 0.626. The summed E-state index contributed by atoms with van der Waals surface area (Å²) in [5.74, 6) is -1.38. The summed E-state index contributed by atoms with van der Waals surface area (Å²) in [6, 6.07) is 8.51. The van der Waals surface area contributed by atoms with Crippen molar-refractivity contribution >= 4 is 34.2 Å². The van der Waals surface area contributed by atoms with Crippen molar-refractivity contribution < 1.29 is 23.0 Å². The van der Waals surface area contributed by atoms with Gasteiger partial charge in [0.05, 0.1) is 5.69 Å². The minimum atomic E-state index is -1.52. The standard InChI is InChI=1S/C19H18F2INO3/c1-19(12-8-13(20)10-14(21)9-12)18(24)23(6-3-7-25-2)16-11-15(22)4-5-17(16)26-19/h4-5,8-11H,3,6-7H2,1-2H3. The van der Waals surface area contributed by atoms with Crippen LogP contribution in [0, 0.1) is 15.2 Å². The maximum absolute atomic E-state index is 13.7. The number of ether oxygens (including phenoxy) is 2. The Morgan fingerprint density at radius 2 is 1.88 bits per heavy atom. The molecule has 0 fully saturated rings. The number of carbonyl (C=O) groups excluding carboxylic acids is 1. The molecule has 1 amide bonds. The van der Waals surface area contributed by atoms with E-state index in [1.807, 2.05) is 12.1 Å². The molecule has 0 saturated heterocycles. The van der Waals surface area contributed by atoms with Crippen LogP contribution in [-0.4, -0.2) is 26.2 Å². The molecule has 1 aliphatic rings. The molecule has 2 aromatic rings. The summed E-state index contributed by atoms with van der Waals surface area (Å²) in [6.45, 7) is 2.44. The van der Waals surface area contributed by atoms with Gasteiger partial charge >= 0.3 is 0 Å². The molecule has 0 radical (unpaired) electrons. The highest BCUT2D eigenvalue weighted by atomic mass is 127. The number of rotatable bonds is 5.